The molecule has 0 aromatic carbocycles. The average Bonchev–Trinajstić information content (AvgIpc) is 2.87. The number of hydrogen-bond donors (Lipinski definition) is 2. The summed E-state index contributed by atoms with van der Waals surface area (Å²) >= 11 is 0. The lowest BCUT2D eigenvalue weighted by molar-refractivity contribution is 0.0690. The van der Waals surface area contributed by atoms with Gasteiger partial charge in [-0.2, -0.15) is 0 Å². The molecular formula is C13H12N2O4. The molecule has 0 unspecified atom stereocenters. The molecule has 0 atom stereocenters. The largest absolute Gasteiger partial charge is 0.477 e. The lowest BCUT2D eigenvalue weighted by atomic mass is 10.2. The highest BCUT2D eigenvalue weighted by molar-refractivity contribution is 6.05. The van der Waals surface area contributed by atoms with Gasteiger partial charge in [-0.1, -0.05) is 6.92 Å². The molecule has 2 heterocycles. The van der Waals surface area contributed by atoms with Gasteiger partial charge in [0.15, 0.2) is 0 Å². The van der Waals surface area contributed by atoms with Crippen LogP contribution in [0, 0.1) is 0 Å². The Morgan fingerprint density at radius 3 is 2.74 bits per heavy atom. The first-order chi connectivity index (χ1) is 9.11. The predicted molar refractivity (Wildman–Crippen MR) is 67.2 cm³/mol. The number of hydrogen-bond acceptors (Lipinski definition) is 4. The fourth-order valence-electron chi connectivity index (χ4n) is 1.61. The Labute approximate surface area is 109 Å². The standard InChI is InChI=1S/C13H12N2O4/c1-2-11-9(5-6-19-11)12(16)15-8-3-4-10(13(17)18)14-7-8/h3-7H,2H2,1H3,(H,15,16)(H,17,18). The van der Waals surface area contributed by atoms with Crippen molar-refractivity contribution in [2.75, 3.05) is 5.32 Å². The first-order valence-corrected chi connectivity index (χ1v) is 5.69. The number of carboxylic acid groups (broad SMARTS) is 1. The minimum absolute atomic E-state index is 0.0736. The second-order valence-corrected chi connectivity index (χ2v) is 3.80. The SMILES string of the molecule is CCc1occc1C(=O)Nc1ccc(C(=O)O)nc1. The summed E-state index contributed by atoms with van der Waals surface area (Å²) in [4.78, 5) is 26.3. The summed E-state index contributed by atoms with van der Waals surface area (Å²) < 4.78 is 5.17. The first-order valence-electron chi connectivity index (χ1n) is 5.69. The van der Waals surface area contributed by atoms with E-state index in [1.54, 1.807) is 6.07 Å². The minimum atomic E-state index is -1.11. The van der Waals surface area contributed by atoms with Gasteiger partial charge in [0, 0.05) is 6.42 Å². The van der Waals surface area contributed by atoms with Crippen LogP contribution in [0.1, 0.15) is 33.5 Å². The molecule has 98 valence electrons. The summed E-state index contributed by atoms with van der Waals surface area (Å²) in [7, 11) is 0. The second-order valence-electron chi connectivity index (χ2n) is 3.80. The van der Waals surface area contributed by atoms with E-state index >= 15 is 0 Å². The van der Waals surface area contributed by atoms with Gasteiger partial charge in [-0.3, -0.25) is 4.79 Å². The van der Waals surface area contributed by atoms with Crippen LogP contribution in [0.4, 0.5) is 5.69 Å². The fraction of sp³-hybridized carbons (Fsp3) is 0.154. The highest BCUT2D eigenvalue weighted by atomic mass is 16.4. The Hall–Kier alpha value is -2.63. The molecule has 19 heavy (non-hydrogen) atoms. The third-order valence-corrected chi connectivity index (χ3v) is 2.55. The molecule has 1 amide bonds. The Bertz CT molecular complexity index is 601. The number of anilines is 1. The van der Waals surface area contributed by atoms with Crippen molar-refractivity contribution in [1.29, 1.82) is 0 Å². The highest BCUT2D eigenvalue weighted by Crippen LogP contribution is 2.14. The number of aryl methyl sites for hydroxylation is 1. The number of furan rings is 1. The van der Waals surface area contributed by atoms with E-state index in [2.05, 4.69) is 10.3 Å². The number of amides is 1. The van der Waals surface area contributed by atoms with Gasteiger partial charge >= 0.3 is 5.97 Å². The molecule has 0 saturated heterocycles. The summed E-state index contributed by atoms with van der Waals surface area (Å²) in [5.41, 5.74) is 0.818. The first kappa shape index (κ1) is 12.8. The van der Waals surface area contributed by atoms with Crippen molar-refractivity contribution in [2.24, 2.45) is 0 Å². The molecule has 0 aliphatic carbocycles. The van der Waals surface area contributed by atoms with Crippen molar-refractivity contribution in [3.63, 3.8) is 0 Å². The van der Waals surface area contributed by atoms with Gasteiger partial charge < -0.3 is 14.8 Å². The van der Waals surface area contributed by atoms with Crippen molar-refractivity contribution in [1.82, 2.24) is 4.98 Å². The summed E-state index contributed by atoms with van der Waals surface area (Å²) in [5.74, 6) is -0.816. The van der Waals surface area contributed by atoms with Gasteiger partial charge in [-0.05, 0) is 18.2 Å². The Balaban J connectivity index is 2.13. The quantitative estimate of drug-likeness (QED) is 0.879. The molecule has 6 nitrogen and oxygen atoms in total. The fourth-order valence-corrected chi connectivity index (χ4v) is 1.61. The van der Waals surface area contributed by atoms with Gasteiger partial charge in [0.05, 0.1) is 23.7 Å². The maximum atomic E-state index is 12.0. The molecule has 2 rings (SSSR count). The predicted octanol–water partition coefficient (Wildman–Crippen LogP) is 2.19. The molecule has 2 N–H and O–H groups in total. The number of carboxylic acids is 1. The van der Waals surface area contributed by atoms with Crippen LogP contribution in [0.2, 0.25) is 0 Å². The zero-order valence-electron chi connectivity index (χ0n) is 10.2. The minimum Gasteiger partial charge on any atom is -0.477 e. The third-order valence-electron chi connectivity index (χ3n) is 2.55. The Morgan fingerprint density at radius 2 is 2.16 bits per heavy atom. The van der Waals surface area contributed by atoms with E-state index < -0.39 is 5.97 Å². The van der Waals surface area contributed by atoms with E-state index in [0.717, 1.165) is 0 Å². The number of aromatic carboxylic acids is 1. The van der Waals surface area contributed by atoms with E-state index in [0.29, 0.717) is 23.4 Å². The number of nitrogens with one attached hydrogen (secondary N) is 1. The van der Waals surface area contributed by atoms with Crippen LogP contribution < -0.4 is 5.32 Å². The van der Waals surface area contributed by atoms with Crippen LogP contribution in [0.3, 0.4) is 0 Å². The molecule has 0 radical (unpaired) electrons. The van der Waals surface area contributed by atoms with Crippen molar-refractivity contribution >= 4 is 17.6 Å². The number of aromatic nitrogens is 1. The van der Waals surface area contributed by atoms with Crippen molar-refractivity contribution in [2.45, 2.75) is 13.3 Å². The second kappa shape index (κ2) is 5.34. The monoisotopic (exact) mass is 260 g/mol. The molecule has 0 saturated carbocycles. The van der Waals surface area contributed by atoms with Crippen LogP contribution in [0.5, 0.6) is 0 Å². The molecule has 2 aromatic rings. The van der Waals surface area contributed by atoms with Crippen molar-refractivity contribution in [3.8, 4) is 0 Å². The number of carbonyl (C=O) groups excluding carboxylic acids is 1. The maximum absolute atomic E-state index is 12.0. The van der Waals surface area contributed by atoms with Gasteiger partial charge in [-0.15, -0.1) is 0 Å². The number of rotatable bonds is 4. The molecular weight excluding hydrogens is 248 g/mol. The van der Waals surface area contributed by atoms with E-state index in [-0.39, 0.29) is 11.6 Å². The third kappa shape index (κ3) is 2.79. The van der Waals surface area contributed by atoms with E-state index in [1.165, 1.54) is 24.6 Å². The van der Waals surface area contributed by atoms with E-state index in [4.69, 9.17) is 9.52 Å². The summed E-state index contributed by atoms with van der Waals surface area (Å²) in [5, 5.41) is 11.3. The van der Waals surface area contributed by atoms with E-state index in [1.807, 2.05) is 6.92 Å². The van der Waals surface area contributed by atoms with Gasteiger partial charge in [0.2, 0.25) is 0 Å². The lowest BCUT2D eigenvalue weighted by Crippen LogP contribution is -2.13. The lowest BCUT2D eigenvalue weighted by Gasteiger charge is -2.04. The van der Waals surface area contributed by atoms with Gasteiger partial charge in [-0.25, -0.2) is 9.78 Å². The summed E-state index contributed by atoms with van der Waals surface area (Å²) in [6, 6.07) is 4.40. The van der Waals surface area contributed by atoms with Crippen molar-refractivity contribution < 1.29 is 19.1 Å². The molecule has 6 heteroatoms. The zero-order chi connectivity index (χ0) is 13.8. The molecule has 0 spiro atoms. The summed E-state index contributed by atoms with van der Waals surface area (Å²) in [6.07, 6.45) is 3.37. The van der Waals surface area contributed by atoms with Gasteiger partial charge in [0.25, 0.3) is 5.91 Å². The number of nitrogens with zero attached hydrogens (tertiary/aromatic N) is 1. The molecule has 0 fully saturated rings. The zero-order valence-corrected chi connectivity index (χ0v) is 10.2. The number of carbonyl (C=O) groups is 2. The number of pyridine rings is 1. The van der Waals surface area contributed by atoms with Gasteiger partial charge in [0.1, 0.15) is 11.5 Å². The molecule has 0 aliphatic rings. The van der Waals surface area contributed by atoms with Crippen LogP contribution >= 0.6 is 0 Å². The molecule has 0 aliphatic heterocycles. The van der Waals surface area contributed by atoms with Crippen molar-refractivity contribution in [3.05, 3.63) is 47.7 Å². The summed E-state index contributed by atoms with van der Waals surface area (Å²) in [6.45, 7) is 1.89. The van der Waals surface area contributed by atoms with Crippen LogP contribution in [-0.2, 0) is 6.42 Å². The normalized spacial score (nSPS) is 10.2. The van der Waals surface area contributed by atoms with E-state index in [9.17, 15) is 9.59 Å². The van der Waals surface area contributed by atoms with Crippen LogP contribution in [-0.4, -0.2) is 22.0 Å². The van der Waals surface area contributed by atoms with Crippen LogP contribution in [0.15, 0.2) is 35.1 Å². The smallest absolute Gasteiger partial charge is 0.354 e. The topological polar surface area (TPSA) is 92.4 Å². The average molecular weight is 260 g/mol. The Morgan fingerprint density at radius 1 is 1.37 bits per heavy atom. The highest BCUT2D eigenvalue weighted by Gasteiger charge is 2.13. The Kier molecular flexibility index (Phi) is 3.61. The maximum Gasteiger partial charge on any atom is 0.354 e. The molecule has 0 bridgehead atoms. The molecule has 2 aromatic heterocycles. The van der Waals surface area contributed by atoms with Crippen LogP contribution in [0.25, 0.3) is 0 Å².